The maximum atomic E-state index is 10.5. The van der Waals surface area contributed by atoms with Gasteiger partial charge < -0.3 is 9.84 Å². The topological polar surface area (TPSA) is 47.3 Å². The van der Waals surface area contributed by atoms with Crippen molar-refractivity contribution in [1.29, 1.82) is 0 Å². The zero-order valence-electron chi connectivity index (χ0n) is 11.9. The first kappa shape index (κ1) is 13.6. The van der Waals surface area contributed by atoms with Crippen molar-refractivity contribution in [3.8, 4) is 0 Å². The molecule has 5 unspecified atom stereocenters. The number of nitrogens with zero attached hydrogens (tertiary/aromatic N) is 2. The van der Waals surface area contributed by atoms with Crippen LogP contribution in [0.3, 0.4) is 0 Å². The Balaban J connectivity index is 2.08. The molecule has 1 aliphatic rings. The molecule has 1 fully saturated rings. The van der Waals surface area contributed by atoms with Gasteiger partial charge in [-0.3, -0.25) is 4.68 Å². The van der Waals surface area contributed by atoms with Gasteiger partial charge in [-0.25, -0.2) is 0 Å². The second-order valence-electron chi connectivity index (χ2n) is 5.65. The molecule has 1 aliphatic heterocycles. The van der Waals surface area contributed by atoms with E-state index in [4.69, 9.17) is 4.74 Å². The predicted octanol–water partition coefficient (Wildman–Crippen LogP) is 1.69. The number of aliphatic hydroxyl groups excluding tert-OH is 1. The normalized spacial score (nSPS) is 33.9. The van der Waals surface area contributed by atoms with E-state index >= 15 is 0 Å². The molecule has 0 spiro atoms. The Bertz CT molecular complexity index is 416. The van der Waals surface area contributed by atoms with Gasteiger partial charge in [0.05, 0.1) is 24.0 Å². The second-order valence-corrected chi connectivity index (χ2v) is 5.65. The molecule has 5 atom stereocenters. The van der Waals surface area contributed by atoms with Gasteiger partial charge >= 0.3 is 0 Å². The SMILES string of the molecule is Cc1cc(CC(O)C2C(C)OC(C)C2C)n(C)n1. The highest BCUT2D eigenvalue weighted by Crippen LogP contribution is 2.35. The molecule has 0 bridgehead atoms. The zero-order chi connectivity index (χ0) is 13.4. The molecular formula is C14H24N2O2. The van der Waals surface area contributed by atoms with Crippen LogP contribution in [-0.4, -0.2) is 33.2 Å². The molecule has 2 rings (SSSR count). The Morgan fingerprint density at radius 3 is 2.50 bits per heavy atom. The first-order valence-electron chi connectivity index (χ1n) is 6.73. The predicted molar refractivity (Wildman–Crippen MR) is 70.3 cm³/mol. The Kier molecular flexibility index (Phi) is 3.78. The molecule has 1 aromatic rings. The number of hydrogen-bond donors (Lipinski definition) is 1. The summed E-state index contributed by atoms with van der Waals surface area (Å²) in [6.45, 7) is 8.28. The van der Waals surface area contributed by atoms with E-state index in [0.717, 1.165) is 11.4 Å². The average Bonchev–Trinajstić information content (AvgIpc) is 2.69. The number of aliphatic hydroxyl groups is 1. The number of aromatic nitrogens is 2. The van der Waals surface area contributed by atoms with Crippen molar-refractivity contribution in [3.05, 3.63) is 17.5 Å². The van der Waals surface area contributed by atoms with Crippen molar-refractivity contribution < 1.29 is 9.84 Å². The lowest BCUT2D eigenvalue weighted by Crippen LogP contribution is -2.33. The van der Waals surface area contributed by atoms with Crippen LogP contribution in [-0.2, 0) is 18.2 Å². The highest BCUT2D eigenvalue weighted by Gasteiger charge is 2.41. The van der Waals surface area contributed by atoms with Crippen LogP contribution >= 0.6 is 0 Å². The fourth-order valence-corrected chi connectivity index (χ4v) is 3.16. The van der Waals surface area contributed by atoms with Gasteiger partial charge in [0.1, 0.15) is 0 Å². The van der Waals surface area contributed by atoms with Crippen LogP contribution in [0.2, 0.25) is 0 Å². The summed E-state index contributed by atoms with van der Waals surface area (Å²) in [6.07, 6.45) is 0.634. The lowest BCUT2D eigenvalue weighted by Gasteiger charge is -2.24. The third kappa shape index (κ3) is 2.45. The molecule has 1 N–H and O–H groups in total. The van der Waals surface area contributed by atoms with Gasteiger partial charge in [0.25, 0.3) is 0 Å². The molecule has 102 valence electrons. The minimum Gasteiger partial charge on any atom is -0.392 e. The van der Waals surface area contributed by atoms with Gasteiger partial charge in [-0.1, -0.05) is 6.92 Å². The third-order valence-corrected chi connectivity index (χ3v) is 4.28. The summed E-state index contributed by atoms with van der Waals surface area (Å²) in [5, 5.41) is 14.8. The Hall–Kier alpha value is -0.870. The molecule has 0 saturated carbocycles. The molecule has 2 heterocycles. The number of ether oxygens (including phenoxy) is 1. The van der Waals surface area contributed by atoms with E-state index in [1.54, 1.807) is 0 Å². The van der Waals surface area contributed by atoms with E-state index in [1.165, 1.54) is 0 Å². The van der Waals surface area contributed by atoms with Crippen LogP contribution in [0.25, 0.3) is 0 Å². The van der Waals surface area contributed by atoms with Crippen LogP contribution in [0.5, 0.6) is 0 Å². The summed E-state index contributed by atoms with van der Waals surface area (Å²) >= 11 is 0. The van der Waals surface area contributed by atoms with Gasteiger partial charge in [-0.15, -0.1) is 0 Å². The first-order chi connectivity index (χ1) is 8.40. The van der Waals surface area contributed by atoms with Crippen molar-refractivity contribution in [2.75, 3.05) is 0 Å². The van der Waals surface area contributed by atoms with Gasteiger partial charge in [-0.05, 0) is 32.8 Å². The summed E-state index contributed by atoms with van der Waals surface area (Å²) in [6, 6.07) is 2.04. The maximum Gasteiger partial charge on any atom is 0.0651 e. The Morgan fingerprint density at radius 1 is 1.39 bits per heavy atom. The average molecular weight is 252 g/mol. The molecule has 4 nitrogen and oxygen atoms in total. The maximum absolute atomic E-state index is 10.5. The highest BCUT2D eigenvalue weighted by atomic mass is 16.5. The third-order valence-electron chi connectivity index (χ3n) is 4.28. The molecule has 0 aromatic carbocycles. The standard InChI is InChI=1S/C14H24N2O2/c1-8-6-12(16(5)15-8)7-13(17)14-9(2)10(3)18-11(14)4/h6,9-11,13-14,17H,7H2,1-5H3. The lowest BCUT2D eigenvalue weighted by atomic mass is 9.83. The number of hydrogen-bond acceptors (Lipinski definition) is 3. The minimum absolute atomic E-state index is 0.124. The van der Waals surface area contributed by atoms with Gasteiger partial charge in [-0.2, -0.15) is 5.10 Å². The fourth-order valence-electron chi connectivity index (χ4n) is 3.16. The molecule has 0 radical (unpaired) electrons. The van der Waals surface area contributed by atoms with E-state index in [-0.39, 0.29) is 24.2 Å². The van der Waals surface area contributed by atoms with Crippen molar-refractivity contribution in [2.24, 2.45) is 18.9 Å². The van der Waals surface area contributed by atoms with E-state index < -0.39 is 0 Å². The van der Waals surface area contributed by atoms with E-state index in [2.05, 4.69) is 25.9 Å². The smallest absolute Gasteiger partial charge is 0.0651 e. The Labute approximate surface area is 109 Å². The summed E-state index contributed by atoms with van der Waals surface area (Å²) in [4.78, 5) is 0. The van der Waals surface area contributed by atoms with Crippen molar-refractivity contribution in [2.45, 2.75) is 52.4 Å². The van der Waals surface area contributed by atoms with E-state index in [9.17, 15) is 5.11 Å². The summed E-state index contributed by atoms with van der Waals surface area (Å²) in [7, 11) is 1.93. The molecule has 18 heavy (non-hydrogen) atoms. The molecule has 0 aliphatic carbocycles. The van der Waals surface area contributed by atoms with Crippen molar-refractivity contribution >= 4 is 0 Å². The Morgan fingerprint density at radius 2 is 2.06 bits per heavy atom. The lowest BCUT2D eigenvalue weighted by molar-refractivity contribution is 0.0234. The number of aryl methyl sites for hydroxylation is 2. The van der Waals surface area contributed by atoms with Crippen LogP contribution in [0.4, 0.5) is 0 Å². The van der Waals surface area contributed by atoms with Crippen molar-refractivity contribution in [1.82, 2.24) is 9.78 Å². The number of rotatable bonds is 3. The van der Waals surface area contributed by atoms with Crippen LogP contribution in [0.1, 0.15) is 32.2 Å². The van der Waals surface area contributed by atoms with E-state index in [1.807, 2.05) is 24.7 Å². The van der Waals surface area contributed by atoms with Gasteiger partial charge in [0.2, 0.25) is 0 Å². The molecular weight excluding hydrogens is 228 g/mol. The molecule has 1 saturated heterocycles. The molecule has 1 aromatic heterocycles. The largest absolute Gasteiger partial charge is 0.392 e. The summed E-state index contributed by atoms with van der Waals surface area (Å²) in [5.41, 5.74) is 2.08. The van der Waals surface area contributed by atoms with Crippen LogP contribution in [0.15, 0.2) is 6.07 Å². The summed E-state index contributed by atoms with van der Waals surface area (Å²) in [5.74, 6) is 0.597. The minimum atomic E-state index is -0.366. The quantitative estimate of drug-likeness (QED) is 0.890. The zero-order valence-corrected chi connectivity index (χ0v) is 11.9. The highest BCUT2D eigenvalue weighted by molar-refractivity contribution is 5.10. The van der Waals surface area contributed by atoms with Crippen molar-refractivity contribution in [3.63, 3.8) is 0 Å². The van der Waals surface area contributed by atoms with Crippen LogP contribution in [0, 0.1) is 18.8 Å². The molecule has 4 heteroatoms. The monoisotopic (exact) mass is 252 g/mol. The van der Waals surface area contributed by atoms with Gasteiger partial charge in [0.15, 0.2) is 0 Å². The fraction of sp³-hybridized carbons (Fsp3) is 0.786. The summed E-state index contributed by atoms with van der Waals surface area (Å²) < 4.78 is 7.65. The van der Waals surface area contributed by atoms with E-state index in [0.29, 0.717) is 12.3 Å². The second kappa shape index (κ2) is 5.02. The first-order valence-corrected chi connectivity index (χ1v) is 6.73. The molecule has 0 amide bonds. The van der Waals surface area contributed by atoms with Gasteiger partial charge in [0, 0.05) is 25.1 Å². The van der Waals surface area contributed by atoms with Crippen LogP contribution < -0.4 is 0 Å².